The van der Waals surface area contributed by atoms with Gasteiger partial charge < -0.3 is 19.8 Å². The van der Waals surface area contributed by atoms with E-state index in [2.05, 4.69) is 65.6 Å². The SMILES string of the molecule is CCNC(=NCc1ccccc1CN1CC(C)OC(C)C1)NCc1nc(C)c(C)o1. The summed E-state index contributed by atoms with van der Waals surface area (Å²) in [7, 11) is 0. The Labute approximate surface area is 179 Å². The molecule has 0 saturated carbocycles. The highest BCUT2D eigenvalue weighted by Gasteiger charge is 2.22. The van der Waals surface area contributed by atoms with E-state index in [0.717, 1.165) is 43.6 Å². The fourth-order valence-electron chi connectivity index (χ4n) is 3.80. The molecular formula is C23H35N5O2. The summed E-state index contributed by atoms with van der Waals surface area (Å²) < 4.78 is 11.5. The molecule has 1 aliphatic rings. The number of ether oxygens (including phenoxy) is 1. The number of benzene rings is 1. The number of nitrogens with one attached hydrogen (secondary N) is 2. The number of aliphatic imine (C=N–C) groups is 1. The quantitative estimate of drug-likeness (QED) is 0.537. The van der Waals surface area contributed by atoms with Crippen LogP contribution >= 0.6 is 0 Å². The van der Waals surface area contributed by atoms with Crippen molar-refractivity contribution in [1.29, 1.82) is 0 Å². The summed E-state index contributed by atoms with van der Waals surface area (Å²) in [6.45, 7) is 15.0. The molecule has 1 aliphatic heterocycles. The number of hydrogen-bond donors (Lipinski definition) is 2. The molecule has 30 heavy (non-hydrogen) atoms. The summed E-state index contributed by atoms with van der Waals surface area (Å²) in [4.78, 5) is 11.7. The maximum atomic E-state index is 5.87. The minimum atomic E-state index is 0.269. The second-order valence-electron chi connectivity index (χ2n) is 8.02. The summed E-state index contributed by atoms with van der Waals surface area (Å²) >= 11 is 0. The lowest BCUT2D eigenvalue weighted by molar-refractivity contribution is -0.0705. The molecule has 0 amide bonds. The Balaban J connectivity index is 1.65. The lowest BCUT2D eigenvalue weighted by atomic mass is 10.1. The Morgan fingerprint density at radius 3 is 2.47 bits per heavy atom. The second-order valence-corrected chi connectivity index (χ2v) is 8.02. The fraction of sp³-hybridized carbons (Fsp3) is 0.565. The Morgan fingerprint density at radius 2 is 1.83 bits per heavy atom. The highest BCUT2D eigenvalue weighted by molar-refractivity contribution is 5.79. The van der Waals surface area contributed by atoms with Crippen LogP contribution in [0.4, 0.5) is 0 Å². The van der Waals surface area contributed by atoms with Crippen molar-refractivity contribution in [2.24, 2.45) is 4.99 Å². The standard InChI is InChI=1S/C23H35N5O2/c1-6-24-23(26-12-22-27-18(4)19(5)30-22)25-11-20-9-7-8-10-21(20)15-28-13-16(2)29-17(3)14-28/h7-10,16-17H,6,11-15H2,1-5H3,(H2,24,25,26). The molecule has 7 nitrogen and oxygen atoms in total. The predicted molar refractivity (Wildman–Crippen MR) is 119 cm³/mol. The number of aryl methyl sites for hydroxylation is 2. The van der Waals surface area contributed by atoms with Crippen molar-refractivity contribution in [3.63, 3.8) is 0 Å². The van der Waals surface area contributed by atoms with Gasteiger partial charge in [0.25, 0.3) is 0 Å². The molecule has 0 aliphatic carbocycles. The Morgan fingerprint density at radius 1 is 1.13 bits per heavy atom. The first kappa shape index (κ1) is 22.3. The molecule has 164 valence electrons. The summed E-state index contributed by atoms with van der Waals surface area (Å²) in [5.74, 6) is 2.29. The van der Waals surface area contributed by atoms with E-state index in [1.54, 1.807) is 0 Å². The van der Waals surface area contributed by atoms with E-state index in [1.807, 2.05) is 13.8 Å². The minimum absolute atomic E-state index is 0.269. The molecule has 2 atom stereocenters. The molecule has 1 aromatic heterocycles. The normalized spacial score (nSPS) is 20.4. The third-order valence-corrected chi connectivity index (χ3v) is 5.24. The van der Waals surface area contributed by atoms with Crippen molar-refractivity contribution in [1.82, 2.24) is 20.5 Å². The van der Waals surface area contributed by atoms with Gasteiger partial charge in [-0.3, -0.25) is 4.90 Å². The van der Waals surface area contributed by atoms with Gasteiger partial charge in [0.05, 0.1) is 31.0 Å². The molecule has 0 spiro atoms. The maximum absolute atomic E-state index is 5.87. The van der Waals surface area contributed by atoms with E-state index in [9.17, 15) is 0 Å². The molecule has 1 aromatic carbocycles. The number of oxazole rings is 1. The molecule has 2 aromatic rings. The van der Waals surface area contributed by atoms with Gasteiger partial charge in [-0.15, -0.1) is 0 Å². The van der Waals surface area contributed by atoms with Crippen molar-refractivity contribution in [2.45, 2.75) is 66.5 Å². The molecule has 2 unspecified atom stereocenters. The lowest BCUT2D eigenvalue weighted by Gasteiger charge is -2.35. The molecule has 3 rings (SSSR count). The minimum Gasteiger partial charge on any atom is -0.444 e. The van der Waals surface area contributed by atoms with Crippen molar-refractivity contribution >= 4 is 5.96 Å². The van der Waals surface area contributed by atoms with Gasteiger partial charge in [-0.1, -0.05) is 24.3 Å². The van der Waals surface area contributed by atoms with Gasteiger partial charge in [-0.25, -0.2) is 9.98 Å². The zero-order valence-electron chi connectivity index (χ0n) is 18.9. The van der Waals surface area contributed by atoms with Crippen molar-refractivity contribution in [3.05, 3.63) is 52.7 Å². The molecule has 0 bridgehead atoms. The van der Waals surface area contributed by atoms with Gasteiger partial charge in [0, 0.05) is 26.2 Å². The van der Waals surface area contributed by atoms with Crippen molar-refractivity contribution < 1.29 is 9.15 Å². The van der Waals surface area contributed by atoms with Gasteiger partial charge in [-0.05, 0) is 45.7 Å². The Hall–Kier alpha value is -2.38. The summed E-state index contributed by atoms with van der Waals surface area (Å²) in [5, 5.41) is 6.62. The highest BCUT2D eigenvalue weighted by atomic mass is 16.5. The van der Waals surface area contributed by atoms with Crippen LogP contribution in [0.5, 0.6) is 0 Å². The van der Waals surface area contributed by atoms with E-state index in [4.69, 9.17) is 14.1 Å². The fourth-order valence-corrected chi connectivity index (χ4v) is 3.80. The molecular weight excluding hydrogens is 378 g/mol. The number of guanidine groups is 1. The zero-order valence-corrected chi connectivity index (χ0v) is 18.9. The van der Waals surface area contributed by atoms with Crippen LogP contribution in [0.25, 0.3) is 0 Å². The average molecular weight is 414 g/mol. The van der Waals surface area contributed by atoms with Crippen LogP contribution in [-0.2, 0) is 24.4 Å². The summed E-state index contributed by atoms with van der Waals surface area (Å²) in [6.07, 6.45) is 0.539. The number of aromatic nitrogens is 1. The third-order valence-electron chi connectivity index (χ3n) is 5.24. The molecule has 1 fully saturated rings. The molecule has 1 saturated heterocycles. The van der Waals surface area contributed by atoms with Crippen LogP contribution in [0, 0.1) is 13.8 Å². The summed E-state index contributed by atoms with van der Waals surface area (Å²) in [5.41, 5.74) is 3.48. The molecule has 7 heteroatoms. The van der Waals surface area contributed by atoms with Gasteiger partial charge in [0.2, 0.25) is 5.89 Å². The molecule has 2 N–H and O–H groups in total. The average Bonchev–Trinajstić information content (AvgIpc) is 3.02. The highest BCUT2D eigenvalue weighted by Crippen LogP contribution is 2.17. The van der Waals surface area contributed by atoms with E-state index >= 15 is 0 Å². The van der Waals surface area contributed by atoms with Crippen LogP contribution in [-0.4, -0.2) is 47.7 Å². The maximum Gasteiger partial charge on any atom is 0.214 e. The summed E-state index contributed by atoms with van der Waals surface area (Å²) in [6, 6.07) is 8.55. The van der Waals surface area contributed by atoms with Gasteiger partial charge in [0.1, 0.15) is 5.76 Å². The van der Waals surface area contributed by atoms with Crippen molar-refractivity contribution in [3.8, 4) is 0 Å². The van der Waals surface area contributed by atoms with Gasteiger partial charge in [-0.2, -0.15) is 0 Å². The predicted octanol–water partition coefficient (Wildman–Crippen LogP) is 3.16. The number of hydrogen-bond acceptors (Lipinski definition) is 5. The zero-order chi connectivity index (χ0) is 21.5. The van der Waals surface area contributed by atoms with Gasteiger partial charge >= 0.3 is 0 Å². The van der Waals surface area contributed by atoms with Crippen LogP contribution in [0.1, 0.15) is 49.2 Å². The second kappa shape index (κ2) is 10.6. The first-order chi connectivity index (χ1) is 14.4. The smallest absolute Gasteiger partial charge is 0.214 e. The van der Waals surface area contributed by atoms with Crippen LogP contribution in [0.3, 0.4) is 0 Å². The third kappa shape index (κ3) is 6.31. The van der Waals surface area contributed by atoms with Crippen LogP contribution in [0.15, 0.2) is 33.7 Å². The monoisotopic (exact) mass is 413 g/mol. The topological polar surface area (TPSA) is 74.9 Å². The Bertz CT molecular complexity index is 818. The first-order valence-electron chi connectivity index (χ1n) is 10.8. The van der Waals surface area contributed by atoms with Crippen LogP contribution in [0.2, 0.25) is 0 Å². The van der Waals surface area contributed by atoms with Crippen LogP contribution < -0.4 is 10.6 Å². The lowest BCUT2D eigenvalue weighted by Crippen LogP contribution is -2.44. The number of nitrogens with zero attached hydrogens (tertiary/aromatic N) is 3. The van der Waals surface area contributed by atoms with E-state index in [-0.39, 0.29) is 12.2 Å². The Kier molecular flexibility index (Phi) is 7.87. The van der Waals surface area contributed by atoms with E-state index < -0.39 is 0 Å². The van der Waals surface area contributed by atoms with E-state index in [0.29, 0.717) is 19.0 Å². The van der Waals surface area contributed by atoms with E-state index in [1.165, 1.54) is 11.1 Å². The number of morpholine rings is 1. The first-order valence-corrected chi connectivity index (χ1v) is 10.8. The molecule has 0 radical (unpaired) electrons. The van der Waals surface area contributed by atoms with Gasteiger partial charge in [0.15, 0.2) is 5.96 Å². The molecule has 2 heterocycles. The van der Waals surface area contributed by atoms with Crippen molar-refractivity contribution in [2.75, 3.05) is 19.6 Å². The number of rotatable bonds is 7. The largest absolute Gasteiger partial charge is 0.444 e.